The summed E-state index contributed by atoms with van der Waals surface area (Å²) in [7, 11) is 0. The minimum Gasteiger partial charge on any atom is -0.361 e. The van der Waals surface area contributed by atoms with Crippen LogP contribution in [0.1, 0.15) is 30.9 Å². The summed E-state index contributed by atoms with van der Waals surface area (Å²) in [6.45, 7) is 8.22. The van der Waals surface area contributed by atoms with E-state index in [1.54, 1.807) is 0 Å². The van der Waals surface area contributed by atoms with E-state index in [1.165, 1.54) is 0 Å². The Balaban J connectivity index is 2.33. The molecule has 0 aromatic carbocycles. The van der Waals surface area contributed by atoms with E-state index in [2.05, 4.69) is 15.8 Å². The number of hydrogen-bond donors (Lipinski definition) is 2. The monoisotopic (exact) mass is 225 g/mol. The highest BCUT2D eigenvalue weighted by Gasteiger charge is 2.09. The predicted octanol–water partition coefficient (Wildman–Crippen LogP) is 1.54. The molecule has 1 rings (SSSR count). The second-order valence-electron chi connectivity index (χ2n) is 4.11. The first-order valence-corrected chi connectivity index (χ1v) is 5.46. The van der Waals surface area contributed by atoms with Crippen LogP contribution in [0.5, 0.6) is 0 Å². The zero-order valence-electron chi connectivity index (χ0n) is 10.3. The molecule has 0 aliphatic carbocycles. The number of rotatable bonds is 4. The first-order valence-electron chi connectivity index (χ1n) is 5.46. The lowest BCUT2D eigenvalue weighted by molar-refractivity contribution is 0.238. The number of hydrogen-bond acceptors (Lipinski definition) is 3. The lowest BCUT2D eigenvalue weighted by atomic mass is 10.1. The number of aryl methyl sites for hydroxylation is 2. The van der Waals surface area contributed by atoms with Gasteiger partial charge in [-0.3, -0.25) is 0 Å². The Kier molecular flexibility index (Phi) is 4.34. The molecule has 0 aliphatic heterocycles. The average Bonchev–Trinajstić information content (AvgIpc) is 2.47. The summed E-state index contributed by atoms with van der Waals surface area (Å²) >= 11 is 0. The molecule has 2 N–H and O–H groups in total. The molecule has 0 spiro atoms. The zero-order chi connectivity index (χ0) is 12.1. The normalized spacial score (nSPS) is 10.6. The van der Waals surface area contributed by atoms with Crippen LogP contribution in [0.2, 0.25) is 0 Å². The summed E-state index contributed by atoms with van der Waals surface area (Å²) in [5.41, 5.74) is 1.97. The van der Waals surface area contributed by atoms with Gasteiger partial charge in [-0.1, -0.05) is 5.16 Å². The number of nitrogens with one attached hydrogen (secondary N) is 2. The minimum absolute atomic E-state index is 0.137. The predicted molar refractivity (Wildman–Crippen MR) is 61.4 cm³/mol. The summed E-state index contributed by atoms with van der Waals surface area (Å²) in [6, 6.07) is 0.0147. The van der Waals surface area contributed by atoms with Gasteiger partial charge in [0.2, 0.25) is 0 Å². The van der Waals surface area contributed by atoms with Crippen LogP contribution in [0.4, 0.5) is 4.79 Å². The van der Waals surface area contributed by atoms with Gasteiger partial charge in [0.15, 0.2) is 0 Å². The van der Waals surface area contributed by atoms with Crippen molar-refractivity contribution in [3.8, 4) is 0 Å². The van der Waals surface area contributed by atoms with Crippen LogP contribution in [0.3, 0.4) is 0 Å². The molecule has 2 amide bonds. The Bertz CT molecular complexity index is 339. The Morgan fingerprint density at radius 1 is 1.44 bits per heavy atom. The number of amides is 2. The van der Waals surface area contributed by atoms with Crippen molar-refractivity contribution in [2.75, 3.05) is 6.54 Å². The van der Waals surface area contributed by atoms with Gasteiger partial charge in [-0.15, -0.1) is 0 Å². The fourth-order valence-corrected chi connectivity index (χ4v) is 1.47. The molecule has 0 bridgehead atoms. The van der Waals surface area contributed by atoms with Gasteiger partial charge >= 0.3 is 6.03 Å². The van der Waals surface area contributed by atoms with Gasteiger partial charge < -0.3 is 15.2 Å². The molecule has 0 saturated heterocycles. The topological polar surface area (TPSA) is 67.2 Å². The lowest BCUT2D eigenvalue weighted by Gasteiger charge is -2.09. The van der Waals surface area contributed by atoms with E-state index < -0.39 is 0 Å². The first-order chi connectivity index (χ1) is 7.50. The summed E-state index contributed by atoms with van der Waals surface area (Å²) in [6.07, 6.45) is 0.743. The molecule has 0 radical (unpaired) electrons. The van der Waals surface area contributed by atoms with Gasteiger partial charge in [0, 0.05) is 18.2 Å². The molecular formula is C11H19N3O2. The van der Waals surface area contributed by atoms with E-state index in [0.717, 1.165) is 23.4 Å². The highest BCUT2D eigenvalue weighted by atomic mass is 16.5. The second kappa shape index (κ2) is 5.53. The second-order valence-corrected chi connectivity index (χ2v) is 4.11. The van der Waals surface area contributed by atoms with E-state index >= 15 is 0 Å². The van der Waals surface area contributed by atoms with Gasteiger partial charge in [0.25, 0.3) is 0 Å². The Morgan fingerprint density at radius 3 is 2.62 bits per heavy atom. The standard InChI is InChI=1S/C11H19N3O2/c1-7(2)13-11(15)12-6-5-10-8(3)14-16-9(10)4/h7H,5-6H2,1-4H3,(H2,12,13,15). The molecule has 5 nitrogen and oxygen atoms in total. The molecule has 0 unspecified atom stereocenters. The molecule has 0 aliphatic rings. The lowest BCUT2D eigenvalue weighted by Crippen LogP contribution is -2.40. The molecule has 0 atom stereocenters. The van der Waals surface area contributed by atoms with Gasteiger partial charge in [0.05, 0.1) is 5.69 Å². The van der Waals surface area contributed by atoms with Crippen molar-refractivity contribution in [1.82, 2.24) is 15.8 Å². The number of carbonyl (C=O) groups is 1. The van der Waals surface area contributed by atoms with Crippen LogP contribution < -0.4 is 10.6 Å². The first kappa shape index (κ1) is 12.5. The van der Waals surface area contributed by atoms with Gasteiger partial charge in [-0.2, -0.15) is 0 Å². The van der Waals surface area contributed by atoms with E-state index in [9.17, 15) is 4.79 Å². The summed E-state index contributed by atoms with van der Waals surface area (Å²) in [4.78, 5) is 11.3. The van der Waals surface area contributed by atoms with Crippen LogP contribution in [0.15, 0.2) is 4.52 Å². The van der Waals surface area contributed by atoms with Crippen LogP contribution in [-0.2, 0) is 6.42 Å². The van der Waals surface area contributed by atoms with Gasteiger partial charge in [-0.05, 0) is 34.1 Å². The fourth-order valence-electron chi connectivity index (χ4n) is 1.47. The average molecular weight is 225 g/mol. The van der Waals surface area contributed by atoms with Gasteiger partial charge in [0.1, 0.15) is 5.76 Å². The third kappa shape index (κ3) is 3.56. The smallest absolute Gasteiger partial charge is 0.314 e. The van der Waals surface area contributed by atoms with Crippen LogP contribution >= 0.6 is 0 Å². The van der Waals surface area contributed by atoms with Crippen molar-refractivity contribution in [3.05, 3.63) is 17.0 Å². The van der Waals surface area contributed by atoms with Crippen molar-refractivity contribution in [1.29, 1.82) is 0 Å². The Labute approximate surface area is 95.6 Å². The van der Waals surface area contributed by atoms with Crippen molar-refractivity contribution >= 4 is 6.03 Å². The van der Waals surface area contributed by atoms with Crippen LogP contribution in [-0.4, -0.2) is 23.8 Å². The molecule has 0 saturated carbocycles. The molecule has 5 heteroatoms. The number of aromatic nitrogens is 1. The fraction of sp³-hybridized carbons (Fsp3) is 0.636. The van der Waals surface area contributed by atoms with Crippen LogP contribution in [0, 0.1) is 13.8 Å². The van der Waals surface area contributed by atoms with Crippen LogP contribution in [0.25, 0.3) is 0 Å². The van der Waals surface area contributed by atoms with Gasteiger partial charge in [-0.25, -0.2) is 4.79 Å². The summed E-state index contributed by atoms with van der Waals surface area (Å²) < 4.78 is 5.04. The zero-order valence-corrected chi connectivity index (χ0v) is 10.3. The van der Waals surface area contributed by atoms with E-state index in [4.69, 9.17) is 4.52 Å². The highest BCUT2D eigenvalue weighted by Crippen LogP contribution is 2.11. The third-order valence-electron chi connectivity index (χ3n) is 2.26. The Morgan fingerprint density at radius 2 is 2.12 bits per heavy atom. The molecule has 16 heavy (non-hydrogen) atoms. The number of nitrogens with zero attached hydrogens (tertiary/aromatic N) is 1. The highest BCUT2D eigenvalue weighted by molar-refractivity contribution is 5.74. The SMILES string of the molecule is Cc1noc(C)c1CCNC(=O)NC(C)C. The maximum Gasteiger partial charge on any atom is 0.314 e. The minimum atomic E-state index is -0.137. The van der Waals surface area contributed by atoms with Crippen molar-refractivity contribution in [2.45, 2.75) is 40.2 Å². The van der Waals surface area contributed by atoms with E-state index in [0.29, 0.717) is 6.54 Å². The molecule has 90 valence electrons. The van der Waals surface area contributed by atoms with Crippen molar-refractivity contribution in [3.63, 3.8) is 0 Å². The molecular weight excluding hydrogens is 206 g/mol. The molecule has 1 aromatic heterocycles. The summed E-state index contributed by atoms with van der Waals surface area (Å²) in [5, 5.41) is 9.41. The largest absolute Gasteiger partial charge is 0.361 e. The summed E-state index contributed by atoms with van der Waals surface area (Å²) in [5.74, 6) is 0.823. The third-order valence-corrected chi connectivity index (χ3v) is 2.26. The Hall–Kier alpha value is -1.52. The quantitative estimate of drug-likeness (QED) is 0.816. The maximum atomic E-state index is 11.3. The van der Waals surface area contributed by atoms with E-state index in [1.807, 2.05) is 27.7 Å². The van der Waals surface area contributed by atoms with E-state index in [-0.39, 0.29) is 12.1 Å². The molecule has 1 heterocycles. The van der Waals surface area contributed by atoms with Crippen molar-refractivity contribution < 1.29 is 9.32 Å². The molecule has 1 aromatic rings. The maximum absolute atomic E-state index is 11.3. The number of urea groups is 1. The van der Waals surface area contributed by atoms with Crippen molar-refractivity contribution in [2.24, 2.45) is 0 Å². The molecule has 0 fully saturated rings. The number of carbonyl (C=O) groups excluding carboxylic acids is 1.